The van der Waals surface area contributed by atoms with Gasteiger partial charge in [0.2, 0.25) is 5.91 Å². The van der Waals surface area contributed by atoms with E-state index in [0.29, 0.717) is 25.3 Å². The first-order valence-electron chi connectivity index (χ1n) is 7.97. The summed E-state index contributed by atoms with van der Waals surface area (Å²) in [6, 6.07) is 12.2. The zero-order valence-corrected chi connectivity index (χ0v) is 13.8. The van der Waals surface area contributed by atoms with E-state index in [1.807, 2.05) is 31.2 Å². The number of carbonyl (C=O) groups excluding carboxylic acids is 1. The Bertz CT molecular complexity index is 822. The van der Waals surface area contributed by atoms with E-state index in [2.05, 4.69) is 4.90 Å². The molecule has 1 amide bonds. The molecule has 1 aliphatic rings. The summed E-state index contributed by atoms with van der Waals surface area (Å²) >= 11 is 0. The highest BCUT2D eigenvalue weighted by molar-refractivity contribution is 5.93. The second kappa shape index (κ2) is 6.90. The van der Waals surface area contributed by atoms with Gasteiger partial charge in [0.05, 0.1) is 4.92 Å². The number of rotatable bonds is 4. The van der Waals surface area contributed by atoms with Crippen LogP contribution in [0.4, 0.5) is 5.69 Å². The van der Waals surface area contributed by atoms with Gasteiger partial charge in [-0.2, -0.15) is 0 Å². The Labute approximate surface area is 145 Å². The second-order valence-corrected chi connectivity index (χ2v) is 6.14. The molecule has 7 heteroatoms. The summed E-state index contributed by atoms with van der Waals surface area (Å²) in [5.41, 5.74) is 6.85. The van der Waals surface area contributed by atoms with Gasteiger partial charge < -0.3 is 10.5 Å². The van der Waals surface area contributed by atoms with Crippen molar-refractivity contribution in [1.82, 2.24) is 4.90 Å². The number of ether oxygens (including phenoxy) is 1. The minimum atomic E-state index is -0.680. The molecule has 0 saturated carbocycles. The van der Waals surface area contributed by atoms with Gasteiger partial charge in [-0.15, -0.1) is 0 Å². The molecule has 2 aromatic rings. The van der Waals surface area contributed by atoms with Crippen LogP contribution in [0.15, 0.2) is 42.5 Å². The van der Waals surface area contributed by atoms with Crippen molar-refractivity contribution in [3.05, 3.63) is 69.3 Å². The van der Waals surface area contributed by atoms with Crippen molar-refractivity contribution in [3.8, 4) is 5.75 Å². The highest BCUT2D eigenvalue weighted by Crippen LogP contribution is 2.28. The Hall–Kier alpha value is -2.93. The molecule has 0 aromatic heterocycles. The van der Waals surface area contributed by atoms with E-state index < -0.39 is 10.8 Å². The fraction of sp³-hybridized carbons (Fsp3) is 0.278. The van der Waals surface area contributed by atoms with Crippen LogP contribution in [0, 0.1) is 10.1 Å². The summed E-state index contributed by atoms with van der Waals surface area (Å²) in [7, 11) is 0. The highest BCUT2D eigenvalue weighted by atomic mass is 16.6. The normalized spacial score (nSPS) is 17.2. The minimum Gasteiger partial charge on any atom is -0.492 e. The van der Waals surface area contributed by atoms with Crippen LogP contribution in [-0.4, -0.2) is 28.4 Å². The molecule has 2 aromatic carbocycles. The summed E-state index contributed by atoms with van der Waals surface area (Å²) < 4.78 is 5.82. The van der Waals surface area contributed by atoms with E-state index in [-0.39, 0.29) is 17.3 Å². The number of carbonyl (C=O) groups is 1. The number of fused-ring (bicyclic) bond motifs is 1. The molecule has 25 heavy (non-hydrogen) atoms. The van der Waals surface area contributed by atoms with Crippen LogP contribution in [0.2, 0.25) is 0 Å². The molecule has 7 nitrogen and oxygen atoms in total. The van der Waals surface area contributed by atoms with Crippen LogP contribution >= 0.6 is 0 Å². The third kappa shape index (κ3) is 3.61. The van der Waals surface area contributed by atoms with E-state index in [1.54, 1.807) is 6.07 Å². The molecule has 130 valence electrons. The van der Waals surface area contributed by atoms with Gasteiger partial charge in [0.25, 0.3) is 5.69 Å². The van der Waals surface area contributed by atoms with E-state index in [0.717, 1.165) is 11.3 Å². The van der Waals surface area contributed by atoms with E-state index in [9.17, 15) is 14.9 Å². The summed E-state index contributed by atoms with van der Waals surface area (Å²) in [5.74, 6) is 0.163. The Morgan fingerprint density at radius 1 is 1.36 bits per heavy atom. The Morgan fingerprint density at radius 3 is 2.84 bits per heavy atom. The predicted octanol–water partition coefficient (Wildman–Crippen LogP) is 2.48. The van der Waals surface area contributed by atoms with Crippen molar-refractivity contribution >= 4 is 11.6 Å². The summed E-state index contributed by atoms with van der Waals surface area (Å²) in [6.45, 7) is 3.54. The predicted molar refractivity (Wildman–Crippen MR) is 92.3 cm³/mol. The number of nitro groups is 1. The van der Waals surface area contributed by atoms with Crippen LogP contribution in [-0.2, 0) is 13.1 Å². The average Bonchev–Trinajstić information content (AvgIpc) is 2.74. The lowest BCUT2D eigenvalue weighted by Crippen LogP contribution is -2.34. The molecule has 0 bridgehead atoms. The van der Waals surface area contributed by atoms with Crippen molar-refractivity contribution in [1.29, 1.82) is 0 Å². The van der Waals surface area contributed by atoms with Gasteiger partial charge in [0, 0.05) is 41.9 Å². The van der Waals surface area contributed by atoms with Gasteiger partial charge in [0.1, 0.15) is 12.4 Å². The first kappa shape index (κ1) is 16.9. The highest BCUT2D eigenvalue weighted by Gasteiger charge is 2.25. The van der Waals surface area contributed by atoms with Crippen LogP contribution in [0.5, 0.6) is 5.75 Å². The lowest BCUT2D eigenvalue weighted by atomic mass is 10.1. The molecule has 1 atom stereocenters. The fourth-order valence-corrected chi connectivity index (χ4v) is 2.92. The van der Waals surface area contributed by atoms with E-state index in [4.69, 9.17) is 10.5 Å². The Kier molecular flexibility index (Phi) is 4.67. The molecule has 0 saturated heterocycles. The molecule has 0 fully saturated rings. The minimum absolute atomic E-state index is 0.0859. The smallest absolute Gasteiger partial charge is 0.274 e. The van der Waals surface area contributed by atoms with Crippen LogP contribution in [0.3, 0.4) is 0 Å². The largest absolute Gasteiger partial charge is 0.492 e. The van der Waals surface area contributed by atoms with Crippen molar-refractivity contribution < 1.29 is 14.5 Å². The number of nitrogens with zero attached hydrogens (tertiary/aromatic N) is 2. The zero-order chi connectivity index (χ0) is 18.0. The first-order chi connectivity index (χ1) is 12.0. The van der Waals surface area contributed by atoms with Gasteiger partial charge in [-0.1, -0.05) is 24.3 Å². The van der Waals surface area contributed by atoms with Crippen LogP contribution in [0.1, 0.15) is 28.4 Å². The topological polar surface area (TPSA) is 98.7 Å². The summed E-state index contributed by atoms with van der Waals surface area (Å²) in [5, 5.41) is 11.4. The Morgan fingerprint density at radius 2 is 2.12 bits per heavy atom. The third-order valence-electron chi connectivity index (χ3n) is 4.39. The lowest BCUT2D eigenvalue weighted by Gasteiger charge is -2.26. The number of benzene rings is 2. The molecule has 3 rings (SSSR count). The quantitative estimate of drug-likeness (QED) is 0.680. The number of nitrogens with two attached hydrogens (primary N) is 1. The number of hydrogen-bond acceptors (Lipinski definition) is 5. The maximum atomic E-state index is 11.4. The standard InChI is InChI=1S/C18H19N3O4/c1-12-11-25-17-5-3-2-4-15(17)10-20(12)9-14-7-6-13(18(19)22)8-16(14)21(23)24/h2-8,12H,9-11H2,1H3,(H2,19,22)/t12-/m0/s1. The molecule has 1 heterocycles. The van der Waals surface area contributed by atoms with Gasteiger partial charge >= 0.3 is 0 Å². The molecule has 0 radical (unpaired) electrons. The molecular weight excluding hydrogens is 322 g/mol. The zero-order valence-electron chi connectivity index (χ0n) is 13.8. The van der Waals surface area contributed by atoms with Gasteiger partial charge in [0.15, 0.2) is 0 Å². The lowest BCUT2D eigenvalue weighted by molar-refractivity contribution is -0.385. The SMILES string of the molecule is C[C@H]1COc2ccccc2CN1Cc1ccc(C(N)=O)cc1[N+](=O)[O-]. The van der Waals surface area contributed by atoms with Gasteiger partial charge in [-0.05, 0) is 19.1 Å². The van der Waals surface area contributed by atoms with E-state index >= 15 is 0 Å². The maximum absolute atomic E-state index is 11.4. The van der Waals surface area contributed by atoms with Gasteiger partial charge in [-0.3, -0.25) is 19.8 Å². The van der Waals surface area contributed by atoms with Crippen LogP contribution < -0.4 is 10.5 Å². The third-order valence-corrected chi connectivity index (χ3v) is 4.39. The summed E-state index contributed by atoms with van der Waals surface area (Å²) in [4.78, 5) is 24.3. The first-order valence-corrected chi connectivity index (χ1v) is 7.97. The van der Waals surface area contributed by atoms with Crippen molar-refractivity contribution in [2.45, 2.75) is 26.1 Å². The van der Waals surface area contributed by atoms with E-state index in [1.165, 1.54) is 12.1 Å². The Balaban J connectivity index is 1.90. The molecule has 0 aliphatic carbocycles. The molecule has 1 aliphatic heterocycles. The summed E-state index contributed by atoms with van der Waals surface area (Å²) in [6.07, 6.45) is 0. The molecule has 0 unspecified atom stereocenters. The molecule has 0 spiro atoms. The monoisotopic (exact) mass is 341 g/mol. The number of nitro benzene ring substituents is 1. The number of primary amides is 1. The van der Waals surface area contributed by atoms with Crippen molar-refractivity contribution in [2.24, 2.45) is 5.73 Å². The van der Waals surface area contributed by atoms with Gasteiger partial charge in [-0.25, -0.2) is 0 Å². The number of para-hydroxylation sites is 1. The number of amides is 1. The molecular formula is C18H19N3O4. The number of hydrogen-bond donors (Lipinski definition) is 1. The molecule has 2 N–H and O–H groups in total. The van der Waals surface area contributed by atoms with Crippen molar-refractivity contribution in [3.63, 3.8) is 0 Å². The average molecular weight is 341 g/mol. The fourth-order valence-electron chi connectivity index (χ4n) is 2.92. The van der Waals surface area contributed by atoms with Crippen molar-refractivity contribution in [2.75, 3.05) is 6.61 Å². The maximum Gasteiger partial charge on any atom is 0.274 e. The second-order valence-electron chi connectivity index (χ2n) is 6.14. The van der Waals surface area contributed by atoms with Crippen LogP contribution in [0.25, 0.3) is 0 Å².